The lowest BCUT2D eigenvalue weighted by Crippen LogP contribution is -2.30. The van der Waals surface area contributed by atoms with Gasteiger partial charge in [0.1, 0.15) is 5.75 Å². The molecule has 0 saturated heterocycles. The van der Waals surface area contributed by atoms with E-state index in [0.717, 1.165) is 22.4 Å². The van der Waals surface area contributed by atoms with Crippen molar-refractivity contribution in [3.63, 3.8) is 0 Å². The minimum Gasteiger partial charge on any atom is -0.496 e. The third-order valence-corrected chi connectivity index (χ3v) is 2.64. The molecule has 0 aliphatic rings. The monoisotopic (exact) mass is 261 g/mol. The number of rotatable bonds is 5. The van der Waals surface area contributed by atoms with Gasteiger partial charge in [0.15, 0.2) is 0 Å². The Morgan fingerprint density at radius 1 is 1.17 bits per heavy atom. The van der Waals surface area contributed by atoms with Gasteiger partial charge in [0.25, 0.3) is 0 Å². The molecule has 1 aromatic rings. The molecule has 0 aliphatic heterocycles. The zero-order chi connectivity index (χ0) is 13.8. The van der Waals surface area contributed by atoms with Crippen LogP contribution < -0.4 is 10.1 Å². The third kappa shape index (κ3) is 4.56. The summed E-state index contributed by atoms with van der Waals surface area (Å²) in [6.45, 7) is 3.22. The van der Waals surface area contributed by atoms with Gasteiger partial charge in [0.2, 0.25) is 0 Å². The average Bonchev–Trinajstić information content (AvgIpc) is 2.23. The predicted molar refractivity (Wildman–Crippen MR) is 65.1 cm³/mol. The van der Waals surface area contributed by atoms with E-state index < -0.39 is 12.7 Å². The first-order valence-electron chi connectivity index (χ1n) is 5.75. The number of aryl methyl sites for hydroxylation is 2. The number of nitrogens with one attached hydrogen (secondary N) is 1. The highest BCUT2D eigenvalue weighted by molar-refractivity contribution is 5.43. The van der Waals surface area contributed by atoms with E-state index in [1.807, 2.05) is 26.0 Å². The van der Waals surface area contributed by atoms with Gasteiger partial charge in [-0.1, -0.05) is 12.1 Å². The maximum Gasteiger partial charge on any atom is 0.401 e. The summed E-state index contributed by atoms with van der Waals surface area (Å²) < 4.78 is 41.0. The zero-order valence-corrected chi connectivity index (χ0v) is 10.8. The van der Waals surface area contributed by atoms with E-state index in [1.165, 1.54) is 0 Å². The van der Waals surface area contributed by atoms with Crippen molar-refractivity contribution in [2.24, 2.45) is 0 Å². The number of hydrogen-bond acceptors (Lipinski definition) is 2. The fourth-order valence-electron chi connectivity index (χ4n) is 1.97. The fraction of sp³-hybridized carbons (Fsp3) is 0.538. The van der Waals surface area contributed by atoms with E-state index in [-0.39, 0.29) is 0 Å². The van der Waals surface area contributed by atoms with Crippen molar-refractivity contribution < 1.29 is 17.9 Å². The van der Waals surface area contributed by atoms with Crippen LogP contribution in [-0.4, -0.2) is 26.4 Å². The summed E-state index contributed by atoms with van der Waals surface area (Å²) in [7, 11) is 1.61. The van der Waals surface area contributed by atoms with Crippen LogP contribution in [0.1, 0.15) is 16.7 Å². The minimum absolute atomic E-state index is 0.310. The first kappa shape index (κ1) is 14.8. The molecular weight excluding hydrogens is 243 g/mol. The highest BCUT2D eigenvalue weighted by Crippen LogP contribution is 2.24. The number of halogens is 3. The second kappa shape index (κ2) is 6.09. The summed E-state index contributed by atoms with van der Waals surface area (Å²) >= 11 is 0. The Morgan fingerprint density at radius 2 is 1.72 bits per heavy atom. The van der Waals surface area contributed by atoms with Crippen molar-refractivity contribution in [3.05, 3.63) is 28.8 Å². The molecule has 0 aromatic heterocycles. The van der Waals surface area contributed by atoms with E-state index in [2.05, 4.69) is 5.32 Å². The molecule has 5 heteroatoms. The molecular formula is C13H18F3NO. The van der Waals surface area contributed by atoms with Gasteiger partial charge in [-0.25, -0.2) is 0 Å². The smallest absolute Gasteiger partial charge is 0.401 e. The van der Waals surface area contributed by atoms with E-state index in [0.29, 0.717) is 13.0 Å². The van der Waals surface area contributed by atoms with Gasteiger partial charge in [0, 0.05) is 0 Å². The van der Waals surface area contributed by atoms with Gasteiger partial charge in [-0.05, 0) is 43.5 Å². The minimum atomic E-state index is -4.15. The molecule has 0 fully saturated rings. The van der Waals surface area contributed by atoms with Crippen molar-refractivity contribution in [2.75, 3.05) is 20.2 Å². The molecule has 0 spiro atoms. The maximum absolute atomic E-state index is 11.9. The van der Waals surface area contributed by atoms with Crippen LogP contribution in [0.4, 0.5) is 13.2 Å². The summed E-state index contributed by atoms with van der Waals surface area (Å²) in [4.78, 5) is 0. The average molecular weight is 261 g/mol. The Bertz CT molecular complexity index is 379. The van der Waals surface area contributed by atoms with Gasteiger partial charge in [0.05, 0.1) is 13.7 Å². The standard InChI is InChI=1S/C13H18F3NO/c1-9-6-11(7-10(2)12(9)18-3)4-5-17-8-13(14,15)16/h6-7,17H,4-5,8H2,1-3H3. The highest BCUT2D eigenvalue weighted by atomic mass is 19.4. The van der Waals surface area contributed by atoms with Gasteiger partial charge in [-0.15, -0.1) is 0 Å². The molecule has 0 radical (unpaired) electrons. The Hall–Kier alpha value is -1.23. The van der Waals surface area contributed by atoms with Gasteiger partial charge in [-0.2, -0.15) is 13.2 Å². The molecule has 0 aliphatic carbocycles. The topological polar surface area (TPSA) is 21.3 Å². The normalized spacial score (nSPS) is 11.7. The largest absolute Gasteiger partial charge is 0.496 e. The number of benzene rings is 1. The second-order valence-electron chi connectivity index (χ2n) is 4.30. The SMILES string of the molecule is COc1c(C)cc(CCNCC(F)(F)F)cc1C. The van der Waals surface area contributed by atoms with Crippen molar-refractivity contribution in [1.82, 2.24) is 5.32 Å². The quantitative estimate of drug-likeness (QED) is 0.823. The summed E-state index contributed by atoms with van der Waals surface area (Å²) in [6.07, 6.45) is -3.58. The number of methoxy groups -OCH3 is 1. The van der Waals surface area contributed by atoms with Crippen LogP contribution in [0.15, 0.2) is 12.1 Å². The Kier molecular flexibility index (Phi) is 5.02. The van der Waals surface area contributed by atoms with Crippen molar-refractivity contribution in [2.45, 2.75) is 26.4 Å². The van der Waals surface area contributed by atoms with E-state index in [9.17, 15) is 13.2 Å². The van der Waals surface area contributed by atoms with Crippen molar-refractivity contribution in [3.8, 4) is 5.75 Å². The lowest BCUT2D eigenvalue weighted by molar-refractivity contribution is -0.124. The Balaban J connectivity index is 2.54. The molecule has 2 nitrogen and oxygen atoms in total. The predicted octanol–water partition coefficient (Wildman–Crippen LogP) is 3.01. The molecule has 0 heterocycles. The highest BCUT2D eigenvalue weighted by Gasteiger charge is 2.25. The Labute approximate surface area is 105 Å². The third-order valence-electron chi connectivity index (χ3n) is 2.64. The lowest BCUT2D eigenvalue weighted by atomic mass is 10.0. The zero-order valence-electron chi connectivity index (χ0n) is 10.8. The second-order valence-corrected chi connectivity index (χ2v) is 4.30. The van der Waals surface area contributed by atoms with E-state index in [4.69, 9.17) is 4.74 Å². The van der Waals surface area contributed by atoms with Crippen molar-refractivity contribution in [1.29, 1.82) is 0 Å². The van der Waals surface area contributed by atoms with Crippen molar-refractivity contribution >= 4 is 0 Å². The molecule has 0 amide bonds. The molecule has 18 heavy (non-hydrogen) atoms. The first-order valence-corrected chi connectivity index (χ1v) is 5.75. The van der Waals surface area contributed by atoms with Crippen LogP contribution in [0.25, 0.3) is 0 Å². The van der Waals surface area contributed by atoms with Gasteiger partial charge >= 0.3 is 6.18 Å². The molecule has 1 aromatic carbocycles. The molecule has 1 N–H and O–H groups in total. The van der Waals surface area contributed by atoms with E-state index in [1.54, 1.807) is 7.11 Å². The molecule has 0 bridgehead atoms. The number of hydrogen-bond donors (Lipinski definition) is 1. The molecule has 0 saturated carbocycles. The summed E-state index contributed by atoms with van der Waals surface area (Å²) in [5, 5.41) is 2.39. The summed E-state index contributed by atoms with van der Waals surface area (Å²) in [6, 6.07) is 3.89. The van der Waals surface area contributed by atoms with Gasteiger partial charge in [-0.3, -0.25) is 0 Å². The number of alkyl halides is 3. The molecule has 102 valence electrons. The van der Waals surface area contributed by atoms with E-state index >= 15 is 0 Å². The van der Waals surface area contributed by atoms with Gasteiger partial charge < -0.3 is 10.1 Å². The van der Waals surface area contributed by atoms with Crippen LogP contribution in [0, 0.1) is 13.8 Å². The molecule has 0 atom stereocenters. The molecule has 0 unspecified atom stereocenters. The number of ether oxygens (including phenoxy) is 1. The Morgan fingerprint density at radius 3 is 2.17 bits per heavy atom. The first-order chi connectivity index (χ1) is 8.33. The van der Waals surface area contributed by atoms with Crippen LogP contribution in [0.5, 0.6) is 5.75 Å². The summed E-state index contributed by atoms with van der Waals surface area (Å²) in [5.74, 6) is 0.835. The van der Waals surface area contributed by atoms with Crippen LogP contribution in [0.2, 0.25) is 0 Å². The lowest BCUT2D eigenvalue weighted by Gasteiger charge is -2.12. The fourth-order valence-corrected chi connectivity index (χ4v) is 1.97. The van der Waals surface area contributed by atoms with Crippen LogP contribution in [-0.2, 0) is 6.42 Å². The van der Waals surface area contributed by atoms with Crippen LogP contribution in [0.3, 0.4) is 0 Å². The van der Waals surface area contributed by atoms with Crippen LogP contribution >= 0.6 is 0 Å². The maximum atomic E-state index is 11.9. The summed E-state index contributed by atoms with van der Waals surface area (Å²) in [5.41, 5.74) is 3.02. The molecule has 1 rings (SSSR count).